The van der Waals surface area contributed by atoms with Crippen molar-refractivity contribution in [3.8, 4) is 0 Å². The predicted octanol–water partition coefficient (Wildman–Crippen LogP) is 3.15. The van der Waals surface area contributed by atoms with Gasteiger partial charge in [-0.1, -0.05) is 30.3 Å². The number of nitrogens with zero attached hydrogens (tertiary/aromatic N) is 2. The average molecular weight is 323 g/mol. The lowest BCUT2D eigenvalue weighted by Gasteiger charge is -2.36. The first-order valence-corrected chi connectivity index (χ1v) is 8.59. The minimum atomic E-state index is 0.0855. The molecule has 1 aliphatic heterocycles. The van der Waals surface area contributed by atoms with Crippen LogP contribution in [0.2, 0.25) is 0 Å². The lowest BCUT2D eigenvalue weighted by molar-refractivity contribution is -0.116. The Morgan fingerprint density at radius 1 is 1.00 bits per heavy atom. The van der Waals surface area contributed by atoms with Crippen molar-refractivity contribution in [3.63, 3.8) is 0 Å². The Morgan fingerprint density at radius 3 is 2.46 bits per heavy atom. The molecule has 1 amide bonds. The fourth-order valence-corrected chi connectivity index (χ4v) is 3.06. The predicted molar refractivity (Wildman–Crippen MR) is 99.5 cm³/mol. The first-order valence-electron chi connectivity index (χ1n) is 8.59. The fraction of sp³-hybridized carbons (Fsp3) is 0.350. The second-order valence-electron chi connectivity index (χ2n) is 6.33. The molecule has 24 heavy (non-hydrogen) atoms. The summed E-state index contributed by atoms with van der Waals surface area (Å²) in [6, 6.07) is 18.3. The van der Waals surface area contributed by atoms with Gasteiger partial charge in [0.1, 0.15) is 0 Å². The summed E-state index contributed by atoms with van der Waals surface area (Å²) >= 11 is 0. The van der Waals surface area contributed by atoms with Crippen LogP contribution in [0.1, 0.15) is 12.0 Å². The third-order valence-corrected chi connectivity index (χ3v) is 4.45. The molecule has 4 nitrogen and oxygen atoms in total. The average Bonchev–Trinajstić information content (AvgIpc) is 2.61. The van der Waals surface area contributed by atoms with Crippen LogP contribution < -0.4 is 10.2 Å². The van der Waals surface area contributed by atoms with E-state index in [0.29, 0.717) is 6.42 Å². The Hall–Kier alpha value is -2.33. The van der Waals surface area contributed by atoms with Gasteiger partial charge in [-0.15, -0.1) is 0 Å². The summed E-state index contributed by atoms with van der Waals surface area (Å²) in [6.45, 7) is 7.00. The van der Waals surface area contributed by atoms with E-state index in [0.717, 1.165) is 38.4 Å². The summed E-state index contributed by atoms with van der Waals surface area (Å²) in [6.07, 6.45) is 0.541. The van der Waals surface area contributed by atoms with Gasteiger partial charge >= 0.3 is 0 Å². The van der Waals surface area contributed by atoms with Gasteiger partial charge in [-0.05, 0) is 36.8 Å². The van der Waals surface area contributed by atoms with E-state index in [1.54, 1.807) is 0 Å². The molecule has 1 fully saturated rings. The molecule has 0 saturated carbocycles. The first kappa shape index (κ1) is 16.5. The Kier molecular flexibility index (Phi) is 5.49. The molecule has 0 unspecified atom stereocenters. The molecule has 0 aliphatic carbocycles. The smallest absolute Gasteiger partial charge is 0.225 e. The lowest BCUT2D eigenvalue weighted by atomic mass is 10.2. The number of rotatable bonds is 5. The number of hydrogen-bond acceptors (Lipinski definition) is 3. The van der Waals surface area contributed by atoms with Crippen LogP contribution in [0.5, 0.6) is 0 Å². The number of hydrogen-bond donors (Lipinski definition) is 1. The maximum Gasteiger partial charge on any atom is 0.225 e. The number of carbonyl (C=O) groups excluding carboxylic acids is 1. The van der Waals surface area contributed by atoms with E-state index in [2.05, 4.69) is 46.3 Å². The van der Waals surface area contributed by atoms with Gasteiger partial charge in [-0.3, -0.25) is 9.69 Å². The number of benzene rings is 2. The zero-order valence-electron chi connectivity index (χ0n) is 14.2. The Morgan fingerprint density at radius 2 is 1.75 bits per heavy atom. The van der Waals surface area contributed by atoms with E-state index in [1.807, 2.05) is 30.3 Å². The number of aryl methyl sites for hydroxylation is 1. The quantitative estimate of drug-likeness (QED) is 0.918. The van der Waals surface area contributed by atoms with Gasteiger partial charge in [0.05, 0.1) is 0 Å². The fourth-order valence-electron chi connectivity index (χ4n) is 3.06. The van der Waals surface area contributed by atoms with Gasteiger partial charge in [-0.25, -0.2) is 0 Å². The van der Waals surface area contributed by atoms with Crippen LogP contribution in [0.4, 0.5) is 11.4 Å². The number of nitrogens with one attached hydrogen (secondary N) is 1. The van der Waals surface area contributed by atoms with Gasteiger partial charge < -0.3 is 10.2 Å². The lowest BCUT2D eigenvalue weighted by Crippen LogP contribution is -2.47. The summed E-state index contributed by atoms with van der Waals surface area (Å²) in [5.74, 6) is 0.0855. The highest BCUT2D eigenvalue weighted by Crippen LogP contribution is 2.17. The number of amides is 1. The van der Waals surface area contributed by atoms with Crippen molar-refractivity contribution < 1.29 is 4.79 Å². The molecule has 2 aromatic rings. The summed E-state index contributed by atoms with van der Waals surface area (Å²) < 4.78 is 0. The molecule has 0 aromatic heterocycles. The molecule has 1 aliphatic rings. The molecule has 0 bridgehead atoms. The Balaban J connectivity index is 1.42. The second-order valence-corrected chi connectivity index (χ2v) is 6.33. The number of para-hydroxylation sites is 1. The van der Waals surface area contributed by atoms with Gasteiger partial charge in [0.15, 0.2) is 0 Å². The van der Waals surface area contributed by atoms with Crippen molar-refractivity contribution in [2.75, 3.05) is 42.9 Å². The number of carbonyl (C=O) groups is 1. The van der Waals surface area contributed by atoms with Crippen molar-refractivity contribution in [3.05, 3.63) is 60.2 Å². The standard InChI is InChI=1S/C20H25N3O/c1-17-6-5-9-19(16-17)23-14-12-22(13-15-23)11-10-20(24)21-18-7-3-2-4-8-18/h2-9,16H,10-15H2,1H3,(H,21,24). The molecule has 0 radical (unpaired) electrons. The molecule has 1 heterocycles. The zero-order chi connectivity index (χ0) is 16.8. The third-order valence-electron chi connectivity index (χ3n) is 4.45. The molecule has 0 atom stereocenters. The normalized spacial score (nSPS) is 15.3. The highest BCUT2D eigenvalue weighted by atomic mass is 16.1. The number of piperazine rings is 1. The number of anilines is 2. The molecule has 3 rings (SSSR count). The van der Waals surface area contributed by atoms with Crippen molar-refractivity contribution in [1.82, 2.24) is 4.90 Å². The van der Waals surface area contributed by atoms with E-state index < -0.39 is 0 Å². The van der Waals surface area contributed by atoms with Crippen LogP contribution in [-0.4, -0.2) is 43.5 Å². The van der Waals surface area contributed by atoms with Gasteiger partial charge in [-0.2, -0.15) is 0 Å². The van der Waals surface area contributed by atoms with Crippen LogP contribution in [0.3, 0.4) is 0 Å². The van der Waals surface area contributed by atoms with Crippen molar-refractivity contribution >= 4 is 17.3 Å². The van der Waals surface area contributed by atoms with Crippen LogP contribution in [0.25, 0.3) is 0 Å². The summed E-state index contributed by atoms with van der Waals surface area (Å²) in [7, 11) is 0. The molecular formula is C20H25N3O. The topological polar surface area (TPSA) is 35.6 Å². The van der Waals surface area contributed by atoms with E-state index in [1.165, 1.54) is 11.3 Å². The molecule has 126 valence electrons. The summed E-state index contributed by atoms with van der Waals surface area (Å²) in [5, 5.41) is 2.95. The summed E-state index contributed by atoms with van der Waals surface area (Å²) in [4.78, 5) is 16.8. The maximum absolute atomic E-state index is 12.0. The highest BCUT2D eigenvalue weighted by Gasteiger charge is 2.17. The van der Waals surface area contributed by atoms with Crippen molar-refractivity contribution in [2.24, 2.45) is 0 Å². The van der Waals surface area contributed by atoms with Crippen LogP contribution in [0, 0.1) is 6.92 Å². The molecule has 2 aromatic carbocycles. The van der Waals surface area contributed by atoms with Crippen LogP contribution >= 0.6 is 0 Å². The molecule has 0 spiro atoms. The molecule has 4 heteroatoms. The van der Waals surface area contributed by atoms with E-state index in [9.17, 15) is 4.79 Å². The minimum absolute atomic E-state index is 0.0855. The second kappa shape index (κ2) is 7.97. The largest absolute Gasteiger partial charge is 0.369 e. The van der Waals surface area contributed by atoms with Gasteiger partial charge in [0.2, 0.25) is 5.91 Å². The molecule has 1 N–H and O–H groups in total. The Bertz CT molecular complexity index is 664. The monoisotopic (exact) mass is 323 g/mol. The van der Waals surface area contributed by atoms with Crippen LogP contribution in [0.15, 0.2) is 54.6 Å². The zero-order valence-corrected chi connectivity index (χ0v) is 14.2. The van der Waals surface area contributed by atoms with E-state index in [4.69, 9.17) is 0 Å². The Labute approximate surface area is 144 Å². The van der Waals surface area contributed by atoms with E-state index >= 15 is 0 Å². The minimum Gasteiger partial charge on any atom is -0.369 e. The maximum atomic E-state index is 12.0. The first-order chi connectivity index (χ1) is 11.7. The van der Waals surface area contributed by atoms with Gasteiger partial charge in [0, 0.05) is 50.5 Å². The third kappa shape index (κ3) is 4.59. The molecular weight excluding hydrogens is 298 g/mol. The van der Waals surface area contributed by atoms with Crippen molar-refractivity contribution in [2.45, 2.75) is 13.3 Å². The summed E-state index contributed by atoms with van der Waals surface area (Å²) in [5.41, 5.74) is 3.47. The van der Waals surface area contributed by atoms with Crippen LogP contribution in [-0.2, 0) is 4.79 Å². The van der Waals surface area contributed by atoms with Crippen molar-refractivity contribution in [1.29, 1.82) is 0 Å². The van der Waals surface area contributed by atoms with Gasteiger partial charge in [0.25, 0.3) is 0 Å². The molecule has 1 saturated heterocycles. The highest BCUT2D eigenvalue weighted by molar-refractivity contribution is 5.90. The SMILES string of the molecule is Cc1cccc(N2CCN(CCC(=O)Nc3ccccc3)CC2)c1. The van der Waals surface area contributed by atoms with E-state index in [-0.39, 0.29) is 5.91 Å².